The number of nitrogens with one attached hydrogen (secondary N) is 5. The maximum Gasteiger partial charge on any atom is 0.270 e. The number of H-pyrrole nitrogens is 1. The predicted molar refractivity (Wildman–Crippen MR) is 197 cm³/mol. The third-order valence-corrected chi connectivity index (χ3v) is 9.02. The molecule has 5 amide bonds. The van der Waals surface area contributed by atoms with Crippen molar-refractivity contribution in [2.75, 3.05) is 0 Å². The lowest BCUT2D eigenvalue weighted by atomic mass is 9.99. The summed E-state index contributed by atoms with van der Waals surface area (Å²) in [7, 11) is 0. The smallest absolute Gasteiger partial charge is 0.270 e. The molecule has 6 rings (SSSR count). The summed E-state index contributed by atoms with van der Waals surface area (Å²) < 4.78 is 5.93. The first kappa shape index (κ1) is 36.6. The van der Waals surface area contributed by atoms with Crippen LogP contribution in [0.15, 0.2) is 91.0 Å². The van der Waals surface area contributed by atoms with Crippen LogP contribution in [-0.2, 0) is 36.9 Å². The van der Waals surface area contributed by atoms with Crippen molar-refractivity contribution in [3.05, 3.63) is 108 Å². The molecular formula is C39H42N8O6. The molecule has 53 heavy (non-hydrogen) atoms. The van der Waals surface area contributed by atoms with Crippen LogP contribution in [0.25, 0.3) is 21.9 Å². The lowest BCUT2D eigenvalue weighted by molar-refractivity contribution is -0.130. The van der Waals surface area contributed by atoms with Crippen molar-refractivity contribution < 1.29 is 28.7 Å². The Balaban J connectivity index is 1.08. The fraction of sp³-hybridized carbons (Fsp3) is 0.308. The molecule has 7 N–H and O–H groups in total. The molecule has 0 radical (unpaired) electrons. The second-order valence-electron chi connectivity index (χ2n) is 13.4. The minimum atomic E-state index is -1.29. The summed E-state index contributed by atoms with van der Waals surface area (Å²) in [6, 6.07) is 24.8. The molecule has 0 aliphatic carbocycles. The number of imidazole rings is 1. The normalized spacial score (nSPS) is 16.7. The average molecular weight is 719 g/mol. The number of pyridine rings is 1. The van der Waals surface area contributed by atoms with E-state index in [1.54, 1.807) is 18.2 Å². The number of primary amides is 1. The van der Waals surface area contributed by atoms with E-state index in [4.69, 9.17) is 10.5 Å². The summed E-state index contributed by atoms with van der Waals surface area (Å²) in [5.74, 6) is -2.42. The number of aromatic nitrogens is 3. The van der Waals surface area contributed by atoms with Gasteiger partial charge in [0, 0.05) is 5.39 Å². The van der Waals surface area contributed by atoms with Crippen molar-refractivity contribution in [2.45, 2.75) is 70.0 Å². The number of para-hydroxylation sites is 3. The zero-order valence-corrected chi connectivity index (χ0v) is 29.4. The van der Waals surface area contributed by atoms with Gasteiger partial charge in [-0.05, 0) is 42.2 Å². The van der Waals surface area contributed by atoms with Crippen molar-refractivity contribution >= 4 is 51.5 Å². The Morgan fingerprint density at radius 2 is 1.53 bits per heavy atom. The third kappa shape index (κ3) is 9.60. The lowest BCUT2D eigenvalue weighted by Crippen LogP contribution is -2.53. The number of amides is 5. The monoisotopic (exact) mass is 718 g/mol. The number of epoxide rings is 1. The van der Waals surface area contributed by atoms with Crippen LogP contribution in [0.4, 0.5) is 0 Å². The average Bonchev–Trinajstić information content (AvgIpc) is 3.78. The predicted octanol–water partition coefficient (Wildman–Crippen LogP) is 2.43. The first-order valence-electron chi connectivity index (χ1n) is 17.5. The molecule has 5 aromatic rings. The van der Waals surface area contributed by atoms with Crippen LogP contribution in [0.3, 0.4) is 0 Å². The van der Waals surface area contributed by atoms with Crippen LogP contribution in [0, 0.1) is 5.92 Å². The number of nitrogens with zero attached hydrogens (tertiary/aromatic N) is 2. The van der Waals surface area contributed by atoms with E-state index in [0.29, 0.717) is 17.8 Å². The van der Waals surface area contributed by atoms with Gasteiger partial charge < -0.3 is 36.7 Å². The van der Waals surface area contributed by atoms with Gasteiger partial charge in [0.1, 0.15) is 29.7 Å². The number of ether oxygens (including phenoxy) is 1. The quantitative estimate of drug-likeness (QED) is 0.0832. The molecule has 5 atom stereocenters. The van der Waals surface area contributed by atoms with Gasteiger partial charge in [-0.3, -0.25) is 24.0 Å². The Kier molecular flexibility index (Phi) is 11.4. The van der Waals surface area contributed by atoms with E-state index in [2.05, 4.69) is 36.2 Å². The molecule has 3 heterocycles. The first-order valence-corrected chi connectivity index (χ1v) is 17.5. The summed E-state index contributed by atoms with van der Waals surface area (Å²) in [5.41, 5.74) is 8.70. The second-order valence-corrected chi connectivity index (χ2v) is 13.4. The van der Waals surface area contributed by atoms with Gasteiger partial charge >= 0.3 is 0 Å². The van der Waals surface area contributed by atoms with Gasteiger partial charge in [0.2, 0.25) is 23.6 Å². The lowest BCUT2D eigenvalue weighted by Gasteiger charge is -2.23. The van der Waals surface area contributed by atoms with Crippen molar-refractivity contribution in [3.63, 3.8) is 0 Å². The number of carbonyl (C=O) groups excluding carboxylic acids is 5. The number of aromatic amines is 1. The van der Waals surface area contributed by atoms with Crippen LogP contribution in [0.1, 0.15) is 48.6 Å². The van der Waals surface area contributed by atoms with Crippen molar-refractivity contribution in [1.82, 2.24) is 36.2 Å². The van der Waals surface area contributed by atoms with E-state index in [1.807, 2.05) is 80.6 Å². The molecule has 2 aromatic heterocycles. The molecule has 3 aromatic carbocycles. The Morgan fingerprint density at radius 1 is 0.811 bits per heavy atom. The summed E-state index contributed by atoms with van der Waals surface area (Å²) in [6.07, 6.45) is -1.27. The fourth-order valence-corrected chi connectivity index (χ4v) is 6.23. The topological polar surface area (TPSA) is 214 Å². The molecule has 3 unspecified atom stereocenters. The number of hydrogen-bond donors (Lipinski definition) is 6. The Hall–Kier alpha value is -6.15. The van der Waals surface area contributed by atoms with Crippen molar-refractivity contribution in [1.29, 1.82) is 0 Å². The molecule has 0 bridgehead atoms. The van der Waals surface area contributed by atoms with Gasteiger partial charge in [0.05, 0.1) is 48.1 Å². The van der Waals surface area contributed by atoms with E-state index >= 15 is 0 Å². The zero-order valence-electron chi connectivity index (χ0n) is 29.4. The molecule has 1 aliphatic rings. The number of benzene rings is 3. The minimum absolute atomic E-state index is 0.0546. The van der Waals surface area contributed by atoms with E-state index in [1.165, 1.54) is 6.07 Å². The number of rotatable bonds is 16. The number of hydrogen-bond acceptors (Lipinski definition) is 8. The van der Waals surface area contributed by atoms with Crippen LogP contribution >= 0.6 is 0 Å². The highest BCUT2D eigenvalue weighted by Crippen LogP contribution is 2.30. The van der Waals surface area contributed by atoms with Gasteiger partial charge in [-0.15, -0.1) is 0 Å². The van der Waals surface area contributed by atoms with Gasteiger partial charge in [-0.2, -0.15) is 0 Å². The largest absolute Gasteiger partial charge is 0.370 e. The van der Waals surface area contributed by atoms with Gasteiger partial charge in [-0.1, -0.05) is 80.6 Å². The van der Waals surface area contributed by atoms with E-state index in [-0.39, 0.29) is 36.4 Å². The van der Waals surface area contributed by atoms with E-state index in [9.17, 15) is 24.0 Å². The van der Waals surface area contributed by atoms with Crippen LogP contribution < -0.4 is 27.0 Å². The first-order chi connectivity index (χ1) is 25.5. The highest BCUT2D eigenvalue weighted by Gasteiger charge is 2.47. The summed E-state index contributed by atoms with van der Waals surface area (Å²) >= 11 is 0. The SMILES string of the molecule is CC(C)[C@H](NC(=O)CC1OC1C(Cc1ccccc1)NC(=O)[C@@H](CC(N)=O)NC(=O)c1ccc2ccccc2n1)C(=O)NCc1nc2ccccc2[nH]1. The molecular weight excluding hydrogens is 676 g/mol. The third-order valence-electron chi connectivity index (χ3n) is 9.02. The standard InChI is InChI=1S/C39H42N8O6/c1-22(2)35(39(52)41-21-33-43-26-14-8-9-15-27(26)44-33)47-34(49)20-31-36(53-31)29(18-23-10-4-3-5-11-23)45-38(51)30(19-32(40)48)46-37(50)28-17-16-24-12-6-7-13-25(24)42-28/h3-17,22,29-31,35-36H,18-21H2,1-2H3,(H2,40,48)(H,41,52)(H,43,44)(H,45,51)(H,46,50)(H,47,49)/t29?,30-,31?,35+,36?/m1/s1. The second kappa shape index (κ2) is 16.5. The Labute approximate surface area is 305 Å². The summed E-state index contributed by atoms with van der Waals surface area (Å²) in [4.78, 5) is 77.3. The maximum atomic E-state index is 13.7. The van der Waals surface area contributed by atoms with Gasteiger partial charge in [0.25, 0.3) is 5.91 Å². The Morgan fingerprint density at radius 3 is 2.26 bits per heavy atom. The molecule has 1 aliphatic heterocycles. The molecule has 274 valence electrons. The highest BCUT2D eigenvalue weighted by molar-refractivity contribution is 5.99. The number of carbonyl (C=O) groups is 5. The maximum absolute atomic E-state index is 13.7. The van der Waals surface area contributed by atoms with Crippen LogP contribution in [0.2, 0.25) is 0 Å². The molecule has 14 nitrogen and oxygen atoms in total. The van der Waals surface area contributed by atoms with Crippen LogP contribution in [-0.4, -0.2) is 74.8 Å². The van der Waals surface area contributed by atoms with Gasteiger partial charge in [0.15, 0.2) is 0 Å². The van der Waals surface area contributed by atoms with Gasteiger partial charge in [-0.25, -0.2) is 9.97 Å². The highest BCUT2D eigenvalue weighted by atomic mass is 16.6. The minimum Gasteiger partial charge on any atom is -0.370 e. The summed E-state index contributed by atoms with van der Waals surface area (Å²) in [6.45, 7) is 3.84. The number of fused-ring (bicyclic) bond motifs is 2. The molecule has 0 saturated carbocycles. The zero-order chi connectivity index (χ0) is 37.5. The molecule has 14 heteroatoms. The van der Waals surface area contributed by atoms with E-state index in [0.717, 1.165) is 22.0 Å². The molecule has 0 spiro atoms. The Bertz CT molecular complexity index is 2090. The fourth-order valence-electron chi connectivity index (χ4n) is 6.23. The van der Waals surface area contributed by atoms with Crippen LogP contribution in [0.5, 0.6) is 0 Å². The molecule has 1 saturated heterocycles. The van der Waals surface area contributed by atoms with Crippen molar-refractivity contribution in [3.8, 4) is 0 Å². The van der Waals surface area contributed by atoms with Crippen molar-refractivity contribution in [2.24, 2.45) is 11.7 Å². The molecule has 1 fully saturated rings. The van der Waals surface area contributed by atoms with E-state index < -0.39 is 54.5 Å². The summed E-state index contributed by atoms with van der Waals surface area (Å²) in [5, 5.41) is 12.1. The number of nitrogens with two attached hydrogens (primary N) is 1.